The topological polar surface area (TPSA) is 318 Å². The van der Waals surface area contributed by atoms with Crippen LogP contribution in [0, 0.1) is 0 Å². The summed E-state index contributed by atoms with van der Waals surface area (Å²) in [6.45, 7) is 3.43. The number of H-pyrrole nitrogens is 1. The number of anilines is 1. The highest BCUT2D eigenvalue weighted by Crippen LogP contribution is 2.27. The molecule has 0 saturated heterocycles. The zero-order chi connectivity index (χ0) is 44.8. The van der Waals surface area contributed by atoms with Crippen LogP contribution in [0.5, 0.6) is 0 Å². The van der Waals surface area contributed by atoms with Gasteiger partial charge in [0.2, 0.25) is 41.4 Å². The number of aromatic amines is 1. The van der Waals surface area contributed by atoms with Crippen LogP contribution in [0.4, 0.5) is 5.69 Å². The smallest absolute Gasteiger partial charge is 0.257 e. The van der Waals surface area contributed by atoms with E-state index in [1.54, 1.807) is 6.20 Å². The molecule has 2 heterocycles. The van der Waals surface area contributed by atoms with E-state index in [1.165, 1.54) is 32.0 Å². The molecule has 2 aromatic carbocycles. The molecule has 1 aliphatic rings. The SMILES string of the molecule is CCCC[C@H](NC(C)=O)C(=O)N[C@@H](C)C(=O)N[C@@H](CCCN=C(N)N)C(=O)NCC1C(=O)Nc2cc(Cl)ccc2C(=O)N1CC(=O)N[C@@H](Cc1c[nH]c2ccccc12)C(N)=O. The fraction of sp³-hybridized carbons (Fsp3) is 0.425. The molecule has 328 valence electrons. The molecule has 0 spiro atoms. The molecule has 1 unspecified atom stereocenters. The number of aliphatic imine (C=N–C) groups is 1. The summed E-state index contributed by atoms with van der Waals surface area (Å²) < 4.78 is 0. The molecular weight excluding hydrogens is 812 g/mol. The van der Waals surface area contributed by atoms with E-state index in [0.29, 0.717) is 18.4 Å². The number of aromatic nitrogens is 1. The summed E-state index contributed by atoms with van der Waals surface area (Å²) in [5.41, 5.74) is 18.2. The highest BCUT2D eigenvalue weighted by Gasteiger charge is 2.38. The maximum absolute atomic E-state index is 14.1. The molecule has 21 heteroatoms. The summed E-state index contributed by atoms with van der Waals surface area (Å²) in [4.78, 5) is 114. The second kappa shape index (κ2) is 22.1. The number of benzene rings is 2. The zero-order valence-corrected chi connectivity index (χ0v) is 34.9. The van der Waals surface area contributed by atoms with Gasteiger partial charge >= 0.3 is 0 Å². The van der Waals surface area contributed by atoms with E-state index in [1.807, 2.05) is 31.2 Å². The summed E-state index contributed by atoms with van der Waals surface area (Å²) in [5.74, 6) is -5.93. The summed E-state index contributed by atoms with van der Waals surface area (Å²) >= 11 is 6.18. The van der Waals surface area contributed by atoms with Gasteiger partial charge in [0.1, 0.15) is 36.8 Å². The van der Waals surface area contributed by atoms with Crippen LogP contribution in [0.15, 0.2) is 53.7 Å². The number of nitrogens with zero attached hydrogens (tertiary/aromatic N) is 2. The largest absolute Gasteiger partial charge is 0.370 e. The lowest BCUT2D eigenvalue weighted by Crippen LogP contribution is -2.58. The van der Waals surface area contributed by atoms with Crippen molar-refractivity contribution in [3.63, 3.8) is 0 Å². The molecule has 3 aromatic rings. The molecular formula is C40H53ClN12O8. The van der Waals surface area contributed by atoms with Crippen molar-refractivity contribution in [3.8, 4) is 0 Å². The van der Waals surface area contributed by atoms with E-state index in [2.05, 4.69) is 41.9 Å². The predicted molar refractivity (Wildman–Crippen MR) is 228 cm³/mol. The molecule has 0 fully saturated rings. The normalized spacial score (nSPS) is 15.5. The molecule has 1 aromatic heterocycles. The number of halogens is 1. The lowest BCUT2D eigenvalue weighted by atomic mass is 10.0. The van der Waals surface area contributed by atoms with Crippen LogP contribution < -0.4 is 49.1 Å². The quantitative estimate of drug-likeness (QED) is 0.0377. The lowest BCUT2D eigenvalue weighted by Gasteiger charge is -2.29. The van der Waals surface area contributed by atoms with Gasteiger partial charge in [-0.2, -0.15) is 0 Å². The molecule has 5 atom stereocenters. The maximum atomic E-state index is 14.1. The molecule has 20 nitrogen and oxygen atoms in total. The van der Waals surface area contributed by atoms with Crippen LogP contribution in [-0.4, -0.2) is 113 Å². The minimum Gasteiger partial charge on any atom is -0.370 e. The standard InChI is InChI=1S/C40H53ClN12O8/c1-4-5-10-29(49-22(3)54)37(59)48-21(2)35(57)51-28(12-8-15-45-40(43)44)36(58)47-19-32-38(60)52-30-17-24(41)13-14-26(30)39(61)53(32)20-33(55)50-31(34(42)56)16-23-18-46-27-11-7-6-9-25(23)27/h6-7,9,11,13-14,17-18,21,28-29,31-32,46H,4-5,8,10,12,15-16,19-20H2,1-3H3,(H2,42,56)(H,47,58)(H,48,59)(H,49,54)(H,50,55)(H,51,57)(H,52,60)(H4,43,44,45)/t21-,28-,29-,31-,32?/m0/s1. The number of nitrogens with two attached hydrogens (primary N) is 3. The zero-order valence-electron chi connectivity index (χ0n) is 34.1. The van der Waals surface area contributed by atoms with Crippen molar-refractivity contribution in [2.75, 3.05) is 25.0 Å². The Balaban J connectivity index is 1.54. The number of primary amides is 1. The van der Waals surface area contributed by atoms with Gasteiger partial charge < -0.3 is 59.0 Å². The second-order valence-electron chi connectivity index (χ2n) is 14.6. The second-order valence-corrected chi connectivity index (χ2v) is 15.0. The average Bonchev–Trinajstić information content (AvgIpc) is 3.58. The summed E-state index contributed by atoms with van der Waals surface area (Å²) in [6, 6.07) is 5.53. The van der Waals surface area contributed by atoms with E-state index in [4.69, 9.17) is 28.8 Å². The van der Waals surface area contributed by atoms with Crippen LogP contribution in [0.2, 0.25) is 5.02 Å². The number of guanidine groups is 1. The van der Waals surface area contributed by atoms with Gasteiger partial charge in [0.25, 0.3) is 5.91 Å². The lowest BCUT2D eigenvalue weighted by molar-refractivity contribution is -0.133. The Morgan fingerprint density at radius 1 is 0.885 bits per heavy atom. The third-order valence-corrected chi connectivity index (χ3v) is 10.1. The summed E-state index contributed by atoms with van der Waals surface area (Å²) in [7, 11) is 0. The van der Waals surface area contributed by atoms with Crippen molar-refractivity contribution >= 4 is 81.4 Å². The van der Waals surface area contributed by atoms with Gasteiger partial charge in [0.05, 0.1) is 11.3 Å². The van der Waals surface area contributed by atoms with Crippen molar-refractivity contribution in [1.29, 1.82) is 0 Å². The first kappa shape index (κ1) is 47.0. The molecule has 61 heavy (non-hydrogen) atoms. The minimum absolute atomic E-state index is 0.000891. The number of nitrogens with one attached hydrogen (secondary N) is 7. The third kappa shape index (κ3) is 13.4. The van der Waals surface area contributed by atoms with Crippen molar-refractivity contribution in [3.05, 3.63) is 64.8 Å². The van der Waals surface area contributed by atoms with Crippen molar-refractivity contribution in [2.45, 2.75) is 89.5 Å². The fourth-order valence-corrected chi connectivity index (χ4v) is 6.85. The number of unbranched alkanes of at least 4 members (excludes halogenated alkanes) is 1. The molecule has 0 bridgehead atoms. The predicted octanol–water partition coefficient (Wildman–Crippen LogP) is -0.349. The number of hydrogen-bond donors (Lipinski definition) is 10. The molecule has 4 rings (SSSR count). The molecule has 13 N–H and O–H groups in total. The monoisotopic (exact) mass is 864 g/mol. The number of amides is 8. The minimum atomic E-state index is -1.50. The van der Waals surface area contributed by atoms with Gasteiger partial charge in [0.15, 0.2) is 5.96 Å². The number of para-hydroxylation sites is 1. The van der Waals surface area contributed by atoms with E-state index < -0.39 is 90.6 Å². The number of fused-ring (bicyclic) bond motifs is 2. The van der Waals surface area contributed by atoms with Gasteiger partial charge in [-0.25, -0.2) is 0 Å². The van der Waals surface area contributed by atoms with Crippen LogP contribution >= 0.6 is 11.6 Å². The fourth-order valence-electron chi connectivity index (χ4n) is 6.67. The number of rotatable bonds is 21. The number of carbonyl (C=O) groups is 8. The van der Waals surface area contributed by atoms with Crippen molar-refractivity contribution < 1.29 is 38.4 Å². The Morgan fingerprint density at radius 2 is 1.59 bits per heavy atom. The van der Waals surface area contributed by atoms with Gasteiger partial charge in [-0.3, -0.25) is 43.3 Å². The summed E-state index contributed by atoms with van der Waals surface area (Å²) in [6.07, 6.45) is 3.68. The Hall–Kier alpha value is -6.70. The van der Waals surface area contributed by atoms with E-state index in [-0.39, 0.29) is 48.0 Å². The first-order valence-corrected chi connectivity index (χ1v) is 20.1. The molecule has 0 radical (unpaired) electrons. The van der Waals surface area contributed by atoms with E-state index in [0.717, 1.165) is 22.2 Å². The van der Waals surface area contributed by atoms with Gasteiger partial charge in [-0.05, 0) is 56.0 Å². The first-order valence-electron chi connectivity index (χ1n) is 19.7. The van der Waals surface area contributed by atoms with E-state index in [9.17, 15) is 38.4 Å². The summed E-state index contributed by atoms with van der Waals surface area (Å²) in [5, 5.41) is 16.6. The Kier molecular flexibility index (Phi) is 17.0. The highest BCUT2D eigenvalue weighted by molar-refractivity contribution is 6.31. The Bertz CT molecular complexity index is 2160. The number of carbonyl (C=O) groups excluding carboxylic acids is 8. The van der Waals surface area contributed by atoms with E-state index >= 15 is 0 Å². The maximum Gasteiger partial charge on any atom is 0.257 e. The molecule has 8 amide bonds. The number of hydrogen-bond acceptors (Lipinski definition) is 9. The van der Waals surface area contributed by atoms with Crippen molar-refractivity contribution in [1.82, 2.24) is 36.5 Å². The molecule has 1 aliphatic heterocycles. The van der Waals surface area contributed by atoms with Crippen molar-refractivity contribution in [2.24, 2.45) is 22.2 Å². The Labute approximate surface area is 356 Å². The van der Waals surface area contributed by atoms with Crippen LogP contribution in [0.25, 0.3) is 10.9 Å². The average molecular weight is 865 g/mol. The molecule has 0 saturated carbocycles. The van der Waals surface area contributed by atoms with Crippen LogP contribution in [-0.2, 0) is 40.0 Å². The van der Waals surface area contributed by atoms with Gasteiger partial charge in [-0.1, -0.05) is 49.6 Å². The molecule has 0 aliphatic carbocycles. The highest BCUT2D eigenvalue weighted by atomic mass is 35.5. The third-order valence-electron chi connectivity index (χ3n) is 9.84. The van der Waals surface area contributed by atoms with Crippen LogP contribution in [0.1, 0.15) is 68.8 Å². The first-order chi connectivity index (χ1) is 29.0. The van der Waals surface area contributed by atoms with Crippen LogP contribution in [0.3, 0.4) is 0 Å². The van der Waals surface area contributed by atoms with Gasteiger partial charge in [-0.15, -0.1) is 0 Å². The van der Waals surface area contributed by atoms with Gasteiger partial charge in [0, 0.05) is 48.6 Å². The Morgan fingerprint density at radius 3 is 2.28 bits per heavy atom.